The summed E-state index contributed by atoms with van der Waals surface area (Å²) in [6.45, 7) is 3.02. The Morgan fingerprint density at radius 2 is 1.95 bits per heavy atom. The zero-order valence-corrected chi connectivity index (χ0v) is 11.7. The van der Waals surface area contributed by atoms with Gasteiger partial charge in [0.1, 0.15) is 5.75 Å². The van der Waals surface area contributed by atoms with Crippen molar-refractivity contribution >= 4 is 21.4 Å². The third-order valence-corrected chi connectivity index (χ3v) is 5.06. The maximum Gasteiger partial charge on any atom is 0.238 e. The van der Waals surface area contributed by atoms with Crippen molar-refractivity contribution in [3.63, 3.8) is 0 Å². The second kappa shape index (κ2) is 5.21. The van der Waals surface area contributed by atoms with E-state index in [1.165, 1.54) is 6.07 Å². The first kappa shape index (κ1) is 13.9. The third-order valence-electron chi connectivity index (χ3n) is 3.32. The van der Waals surface area contributed by atoms with Crippen LogP contribution in [0.5, 0.6) is 0 Å². The van der Waals surface area contributed by atoms with E-state index in [1.807, 2.05) is 0 Å². The molecule has 2 rings (SSSR count). The number of benzene rings is 1. The lowest BCUT2D eigenvalue weighted by atomic mass is 10.2. The molecule has 6 heteroatoms. The number of nitrogens with two attached hydrogens (primary N) is 1. The minimum absolute atomic E-state index is 0.153. The molecule has 0 aliphatic carbocycles. The van der Waals surface area contributed by atoms with Crippen LogP contribution >= 0.6 is 0 Å². The van der Waals surface area contributed by atoms with Crippen molar-refractivity contribution in [2.75, 3.05) is 24.6 Å². The van der Waals surface area contributed by atoms with Crippen molar-refractivity contribution in [1.82, 2.24) is 4.90 Å². The van der Waals surface area contributed by atoms with E-state index in [2.05, 4.69) is 0 Å². The Balaban J connectivity index is 2.22. The van der Waals surface area contributed by atoms with E-state index in [0.29, 0.717) is 24.3 Å². The van der Waals surface area contributed by atoms with Gasteiger partial charge in [0.25, 0.3) is 0 Å². The molecule has 104 valence electrons. The minimum atomic E-state index is -3.62. The first-order valence-electron chi connectivity index (χ1n) is 6.27. The van der Waals surface area contributed by atoms with Crippen LogP contribution in [0.2, 0.25) is 0 Å². The zero-order chi connectivity index (χ0) is 14.0. The predicted molar refractivity (Wildman–Crippen MR) is 73.5 cm³/mol. The number of hydrogen-bond acceptors (Lipinski definition) is 4. The standard InChI is InChI=1S/C13H18N2O3S/c1-10-4-5-11(14)8-12(10)19(17,18)9-13(16)15-6-2-3-7-15/h4-5,8H,2-3,6-7,9,14H2,1H3. The Hall–Kier alpha value is -1.56. The molecule has 1 saturated heterocycles. The summed E-state index contributed by atoms with van der Waals surface area (Å²) in [5, 5.41) is 0. The van der Waals surface area contributed by atoms with Gasteiger partial charge in [-0.3, -0.25) is 4.79 Å². The van der Waals surface area contributed by atoms with Gasteiger partial charge >= 0.3 is 0 Å². The second-order valence-corrected chi connectivity index (χ2v) is 6.83. The molecule has 1 aromatic rings. The smallest absolute Gasteiger partial charge is 0.238 e. The van der Waals surface area contributed by atoms with E-state index in [-0.39, 0.29) is 10.8 Å². The summed E-state index contributed by atoms with van der Waals surface area (Å²) < 4.78 is 24.5. The maximum atomic E-state index is 12.3. The van der Waals surface area contributed by atoms with E-state index in [1.54, 1.807) is 24.0 Å². The highest BCUT2D eigenvalue weighted by Gasteiger charge is 2.26. The van der Waals surface area contributed by atoms with Crippen LogP contribution in [0.1, 0.15) is 18.4 Å². The molecule has 1 aliphatic rings. The molecule has 0 saturated carbocycles. The van der Waals surface area contributed by atoms with Crippen LogP contribution in [-0.2, 0) is 14.6 Å². The molecule has 0 aromatic heterocycles. The van der Waals surface area contributed by atoms with Crippen LogP contribution in [-0.4, -0.2) is 38.1 Å². The Labute approximate surface area is 113 Å². The number of sulfone groups is 1. The first-order valence-corrected chi connectivity index (χ1v) is 7.92. The van der Waals surface area contributed by atoms with Crippen molar-refractivity contribution in [1.29, 1.82) is 0 Å². The fourth-order valence-electron chi connectivity index (χ4n) is 2.25. The molecule has 19 heavy (non-hydrogen) atoms. The number of carbonyl (C=O) groups is 1. The normalized spacial score (nSPS) is 15.7. The van der Waals surface area contributed by atoms with Gasteiger partial charge in [0.2, 0.25) is 5.91 Å². The number of hydrogen-bond donors (Lipinski definition) is 1. The molecule has 0 bridgehead atoms. The molecule has 1 fully saturated rings. The molecule has 0 spiro atoms. The average Bonchev–Trinajstić information content (AvgIpc) is 2.85. The molecular formula is C13H18N2O3S. The number of nitrogens with zero attached hydrogens (tertiary/aromatic N) is 1. The molecule has 2 N–H and O–H groups in total. The van der Waals surface area contributed by atoms with Crippen LogP contribution in [0.25, 0.3) is 0 Å². The number of amides is 1. The van der Waals surface area contributed by atoms with Crippen molar-refractivity contribution in [2.45, 2.75) is 24.7 Å². The van der Waals surface area contributed by atoms with Gasteiger partial charge in [-0.2, -0.15) is 0 Å². The van der Waals surface area contributed by atoms with Crippen molar-refractivity contribution < 1.29 is 13.2 Å². The Kier molecular flexibility index (Phi) is 3.80. The van der Waals surface area contributed by atoms with Gasteiger partial charge < -0.3 is 10.6 Å². The third kappa shape index (κ3) is 3.07. The molecule has 1 aromatic carbocycles. The number of likely N-dealkylation sites (tertiary alicyclic amines) is 1. The largest absolute Gasteiger partial charge is 0.399 e. The molecule has 5 nitrogen and oxygen atoms in total. The number of aryl methyl sites for hydroxylation is 1. The van der Waals surface area contributed by atoms with Crippen LogP contribution in [0.15, 0.2) is 23.1 Å². The quantitative estimate of drug-likeness (QED) is 0.838. The summed E-state index contributed by atoms with van der Waals surface area (Å²) in [4.78, 5) is 13.7. The summed E-state index contributed by atoms with van der Waals surface area (Å²) in [5.74, 6) is -0.795. The highest BCUT2D eigenvalue weighted by Crippen LogP contribution is 2.20. The summed E-state index contributed by atoms with van der Waals surface area (Å²) in [6, 6.07) is 4.72. The fourth-order valence-corrected chi connectivity index (χ4v) is 3.79. The van der Waals surface area contributed by atoms with E-state index >= 15 is 0 Å². The summed E-state index contributed by atoms with van der Waals surface area (Å²) in [6.07, 6.45) is 1.90. The molecule has 0 radical (unpaired) electrons. The number of anilines is 1. The molecule has 1 amide bonds. The van der Waals surface area contributed by atoms with Gasteiger partial charge in [-0.25, -0.2) is 8.42 Å². The molecule has 0 atom stereocenters. The lowest BCUT2D eigenvalue weighted by Gasteiger charge is -2.16. The fraction of sp³-hybridized carbons (Fsp3) is 0.462. The van der Waals surface area contributed by atoms with E-state index in [4.69, 9.17) is 5.73 Å². The number of carbonyl (C=O) groups excluding carboxylic acids is 1. The Morgan fingerprint density at radius 1 is 1.32 bits per heavy atom. The summed E-state index contributed by atoms with van der Waals surface area (Å²) in [7, 11) is -3.62. The molecule has 1 heterocycles. The highest BCUT2D eigenvalue weighted by molar-refractivity contribution is 7.92. The van der Waals surface area contributed by atoms with Crippen LogP contribution in [0.3, 0.4) is 0 Å². The average molecular weight is 282 g/mol. The van der Waals surface area contributed by atoms with Crippen molar-refractivity contribution in [2.24, 2.45) is 0 Å². The van der Waals surface area contributed by atoms with Gasteiger partial charge in [0.15, 0.2) is 9.84 Å². The van der Waals surface area contributed by atoms with Gasteiger partial charge in [-0.05, 0) is 37.5 Å². The Morgan fingerprint density at radius 3 is 2.58 bits per heavy atom. The van der Waals surface area contributed by atoms with E-state index in [0.717, 1.165) is 12.8 Å². The van der Waals surface area contributed by atoms with Crippen LogP contribution in [0.4, 0.5) is 5.69 Å². The first-order chi connectivity index (χ1) is 8.90. The van der Waals surface area contributed by atoms with E-state index < -0.39 is 15.6 Å². The number of nitrogen functional groups attached to an aromatic ring is 1. The van der Waals surface area contributed by atoms with Crippen LogP contribution < -0.4 is 5.73 Å². The van der Waals surface area contributed by atoms with E-state index in [9.17, 15) is 13.2 Å². The van der Waals surface area contributed by atoms with Crippen molar-refractivity contribution in [3.8, 4) is 0 Å². The minimum Gasteiger partial charge on any atom is -0.399 e. The van der Waals surface area contributed by atoms with Gasteiger partial charge in [-0.1, -0.05) is 6.07 Å². The van der Waals surface area contributed by atoms with Gasteiger partial charge in [0, 0.05) is 18.8 Å². The number of rotatable bonds is 3. The zero-order valence-electron chi connectivity index (χ0n) is 10.9. The summed E-state index contributed by atoms with van der Waals surface area (Å²) >= 11 is 0. The highest BCUT2D eigenvalue weighted by atomic mass is 32.2. The molecule has 1 aliphatic heterocycles. The molecular weight excluding hydrogens is 264 g/mol. The lowest BCUT2D eigenvalue weighted by molar-refractivity contribution is -0.127. The summed E-state index contributed by atoms with van der Waals surface area (Å²) in [5.41, 5.74) is 6.62. The topological polar surface area (TPSA) is 80.5 Å². The monoisotopic (exact) mass is 282 g/mol. The second-order valence-electron chi connectivity index (χ2n) is 4.87. The molecule has 0 unspecified atom stereocenters. The maximum absolute atomic E-state index is 12.3. The van der Waals surface area contributed by atoms with Crippen LogP contribution in [0, 0.1) is 6.92 Å². The SMILES string of the molecule is Cc1ccc(N)cc1S(=O)(=O)CC(=O)N1CCCC1. The van der Waals surface area contributed by atoms with Crippen molar-refractivity contribution in [3.05, 3.63) is 23.8 Å². The lowest BCUT2D eigenvalue weighted by Crippen LogP contribution is -2.33. The predicted octanol–water partition coefficient (Wildman–Crippen LogP) is 0.973. The van der Waals surface area contributed by atoms with Gasteiger partial charge in [0.05, 0.1) is 4.90 Å². The Bertz CT molecular complexity index is 590. The van der Waals surface area contributed by atoms with Gasteiger partial charge in [-0.15, -0.1) is 0 Å².